The van der Waals surface area contributed by atoms with E-state index in [2.05, 4.69) is 0 Å². The van der Waals surface area contributed by atoms with Gasteiger partial charge in [-0.25, -0.2) is 4.79 Å². The molecule has 1 fully saturated rings. The number of nitrogens with zero attached hydrogens (tertiary/aromatic N) is 1. The highest BCUT2D eigenvalue weighted by molar-refractivity contribution is 5.96. The summed E-state index contributed by atoms with van der Waals surface area (Å²) in [5, 5.41) is 9.13. The van der Waals surface area contributed by atoms with Crippen LogP contribution in [0.15, 0.2) is 24.3 Å². The largest absolute Gasteiger partial charge is 0.462 e. The summed E-state index contributed by atoms with van der Waals surface area (Å²) in [6.07, 6.45) is 2.21. The molecular weight excluding hydrogens is 270 g/mol. The van der Waals surface area contributed by atoms with E-state index in [1.165, 1.54) is 0 Å². The topological polar surface area (TPSA) is 66.8 Å². The van der Waals surface area contributed by atoms with Crippen molar-refractivity contribution in [3.63, 3.8) is 0 Å². The second-order valence-electron chi connectivity index (χ2n) is 5.29. The Kier molecular flexibility index (Phi) is 5.33. The molecule has 1 aromatic carbocycles. The molecule has 0 bridgehead atoms. The van der Waals surface area contributed by atoms with Crippen LogP contribution in [-0.4, -0.2) is 36.7 Å². The van der Waals surface area contributed by atoms with Crippen molar-refractivity contribution >= 4 is 17.6 Å². The molecule has 1 atom stereocenters. The molecule has 114 valence electrons. The molecule has 1 aromatic rings. The molecule has 0 radical (unpaired) electrons. The zero-order valence-electron chi connectivity index (χ0n) is 12.2. The van der Waals surface area contributed by atoms with Crippen molar-refractivity contribution in [3.8, 4) is 0 Å². The smallest absolute Gasteiger partial charge is 0.338 e. The lowest BCUT2D eigenvalue weighted by Gasteiger charge is -2.16. The van der Waals surface area contributed by atoms with E-state index in [0.29, 0.717) is 25.1 Å². The number of esters is 1. The number of ether oxygens (including phenoxy) is 1. The van der Waals surface area contributed by atoms with Gasteiger partial charge in [0.25, 0.3) is 0 Å². The summed E-state index contributed by atoms with van der Waals surface area (Å²) in [6, 6.07) is 6.83. The minimum absolute atomic E-state index is 0.00353. The molecule has 1 aliphatic heterocycles. The Morgan fingerprint density at radius 1 is 1.38 bits per heavy atom. The predicted molar refractivity (Wildman–Crippen MR) is 79.2 cm³/mol. The normalized spacial score (nSPS) is 18.1. The van der Waals surface area contributed by atoms with Gasteiger partial charge in [0.1, 0.15) is 0 Å². The molecule has 2 rings (SSSR count). The summed E-state index contributed by atoms with van der Waals surface area (Å²) in [7, 11) is 0. The molecule has 1 N–H and O–H groups in total. The molecule has 0 spiro atoms. The molecule has 0 saturated carbocycles. The van der Waals surface area contributed by atoms with Crippen LogP contribution in [0.4, 0.5) is 5.69 Å². The fourth-order valence-corrected chi connectivity index (χ4v) is 2.32. The second kappa shape index (κ2) is 7.22. The first-order valence-electron chi connectivity index (χ1n) is 7.34. The van der Waals surface area contributed by atoms with Crippen molar-refractivity contribution in [2.45, 2.75) is 26.2 Å². The molecule has 1 aliphatic rings. The number of aliphatic hydroxyl groups is 1. The zero-order valence-corrected chi connectivity index (χ0v) is 12.2. The van der Waals surface area contributed by atoms with Gasteiger partial charge in [-0.3, -0.25) is 4.79 Å². The third kappa shape index (κ3) is 3.82. The minimum Gasteiger partial charge on any atom is -0.462 e. The fraction of sp³-hybridized carbons (Fsp3) is 0.500. The van der Waals surface area contributed by atoms with Crippen LogP contribution in [-0.2, 0) is 9.53 Å². The Morgan fingerprint density at radius 3 is 2.67 bits per heavy atom. The first-order valence-corrected chi connectivity index (χ1v) is 7.34. The summed E-state index contributed by atoms with van der Waals surface area (Å²) < 4.78 is 5.14. The van der Waals surface area contributed by atoms with Crippen molar-refractivity contribution in [3.05, 3.63) is 29.8 Å². The minimum atomic E-state index is -0.337. The van der Waals surface area contributed by atoms with Crippen molar-refractivity contribution < 1.29 is 19.4 Å². The van der Waals surface area contributed by atoms with E-state index in [9.17, 15) is 9.59 Å². The van der Waals surface area contributed by atoms with E-state index in [-0.39, 0.29) is 24.4 Å². The number of hydrogen-bond donors (Lipinski definition) is 1. The molecule has 0 aliphatic carbocycles. The quantitative estimate of drug-likeness (QED) is 0.643. The summed E-state index contributed by atoms with van der Waals surface area (Å²) in [5.41, 5.74) is 1.24. The summed E-state index contributed by atoms with van der Waals surface area (Å²) >= 11 is 0. The molecule has 1 unspecified atom stereocenters. The average molecular weight is 291 g/mol. The average Bonchev–Trinajstić information content (AvgIpc) is 2.89. The van der Waals surface area contributed by atoms with Crippen LogP contribution in [0.25, 0.3) is 0 Å². The molecule has 21 heavy (non-hydrogen) atoms. The van der Waals surface area contributed by atoms with Crippen LogP contribution in [0.1, 0.15) is 36.5 Å². The van der Waals surface area contributed by atoms with Crippen LogP contribution < -0.4 is 4.90 Å². The van der Waals surface area contributed by atoms with Gasteiger partial charge in [0, 0.05) is 31.2 Å². The van der Waals surface area contributed by atoms with E-state index in [4.69, 9.17) is 9.84 Å². The third-order valence-corrected chi connectivity index (χ3v) is 3.61. The van der Waals surface area contributed by atoms with E-state index in [1.807, 2.05) is 6.92 Å². The zero-order chi connectivity index (χ0) is 15.2. The molecule has 0 aromatic heterocycles. The monoisotopic (exact) mass is 291 g/mol. The van der Waals surface area contributed by atoms with E-state index in [1.54, 1.807) is 29.2 Å². The van der Waals surface area contributed by atoms with Gasteiger partial charge >= 0.3 is 5.97 Å². The Labute approximate surface area is 124 Å². The number of unbranched alkanes of at least 4 members (excludes halogenated alkanes) is 1. The van der Waals surface area contributed by atoms with Crippen LogP contribution in [0.5, 0.6) is 0 Å². The first kappa shape index (κ1) is 15.5. The molecule has 1 amide bonds. The van der Waals surface area contributed by atoms with Crippen LogP contribution in [0.3, 0.4) is 0 Å². The maximum atomic E-state index is 11.9. The van der Waals surface area contributed by atoms with Crippen LogP contribution >= 0.6 is 0 Å². The molecular formula is C16H21NO4. The predicted octanol–water partition coefficient (Wildman–Crippen LogP) is 1.99. The summed E-state index contributed by atoms with van der Waals surface area (Å²) in [6.45, 7) is 3.01. The van der Waals surface area contributed by atoms with Gasteiger partial charge in [-0.05, 0) is 30.7 Å². The van der Waals surface area contributed by atoms with Gasteiger partial charge in [-0.2, -0.15) is 0 Å². The van der Waals surface area contributed by atoms with Gasteiger partial charge < -0.3 is 14.7 Å². The van der Waals surface area contributed by atoms with Gasteiger partial charge in [0.15, 0.2) is 0 Å². The van der Waals surface area contributed by atoms with Crippen LogP contribution in [0.2, 0.25) is 0 Å². The SMILES string of the molecule is CCCCOC(=O)c1ccc(N2CC(CO)CC2=O)cc1. The van der Waals surface area contributed by atoms with Gasteiger partial charge in [-0.1, -0.05) is 13.3 Å². The third-order valence-electron chi connectivity index (χ3n) is 3.61. The van der Waals surface area contributed by atoms with Crippen molar-refractivity contribution in [1.29, 1.82) is 0 Å². The number of amides is 1. The second-order valence-corrected chi connectivity index (χ2v) is 5.29. The first-order chi connectivity index (χ1) is 10.2. The summed E-state index contributed by atoms with van der Waals surface area (Å²) in [5.74, 6) is -0.334. The van der Waals surface area contributed by atoms with Crippen molar-refractivity contribution in [2.75, 3.05) is 24.7 Å². The van der Waals surface area contributed by atoms with Crippen LogP contribution in [0, 0.1) is 5.92 Å². The highest BCUT2D eigenvalue weighted by Crippen LogP contribution is 2.25. The Morgan fingerprint density at radius 2 is 2.10 bits per heavy atom. The number of benzene rings is 1. The Bertz CT molecular complexity index is 498. The summed E-state index contributed by atoms with van der Waals surface area (Å²) in [4.78, 5) is 25.3. The lowest BCUT2D eigenvalue weighted by Crippen LogP contribution is -2.24. The molecule has 1 heterocycles. The number of hydrogen-bond acceptors (Lipinski definition) is 4. The van der Waals surface area contributed by atoms with E-state index >= 15 is 0 Å². The number of aliphatic hydroxyl groups excluding tert-OH is 1. The molecule has 5 nitrogen and oxygen atoms in total. The maximum Gasteiger partial charge on any atom is 0.338 e. The lowest BCUT2D eigenvalue weighted by molar-refractivity contribution is -0.117. The Balaban J connectivity index is 1.99. The lowest BCUT2D eigenvalue weighted by atomic mass is 10.1. The van der Waals surface area contributed by atoms with Gasteiger partial charge in [-0.15, -0.1) is 0 Å². The maximum absolute atomic E-state index is 11.9. The van der Waals surface area contributed by atoms with E-state index in [0.717, 1.165) is 18.5 Å². The number of rotatable bonds is 6. The van der Waals surface area contributed by atoms with Gasteiger partial charge in [0.2, 0.25) is 5.91 Å². The van der Waals surface area contributed by atoms with E-state index < -0.39 is 0 Å². The Hall–Kier alpha value is -1.88. The van der Waals surface area contributed by atoms with Gasteiger partial charge in [0.05, 0.1) is 12.2 Å². The van der Waals surface area contributed by atoms with Crippen molar-refractivity contribution in [2.24, 2.45) is 5.92 Å². The highest BCUT2D eigenvalue weighted by atomic mass is 16.5. The number of carbonyl (C=O) groups excluding carboxylic acids is 2. The standard InChI is InChI=1S/C16H21NO4/c1-2-3-8-21-16(20)13-4-6-14(7-5-13)17-10-12(11-18)9-15(17)19/h4-7,12,18H,2-3,8-11H2,1H3. The fourth-order valence-electron chi connectivity index (χ4n) is 2.32. The molecule has 5 heteroatoms. The number of carbonyl (C=O) groups is 2. The molecule has 1 saturated heterocycles. The number of anilines is 1. The highest BCUT2D eigenvalue weighted by Gasteiger charge is 2.29. The van der Waals surface area contributed by atoms with Crippen molar-refractivity contribution in [1.82, 2.24) is 0 Å².